The van der Waals surface area contributed by atoms with Gasteiger partial charge in [0.2, 0.25) is 0 Å². The quantitative estimate of drug-likeness (QED) is 0.816. The predicted molar refractivity (Wildman–Crippen MR) is 62.9 cm³/mol. The van der Waals surface area contributed by atoms with E-state index in [4.69, 9.17) is 5.26 Å². The summed E-state index contributed by atoms with van der Waals surface area (Å²) in [7, 11) is -3.28. The number of nitrogens with zero attached hydrogens (tertiary/aromatic N) is 1. The van der Waals surface area contributed by atoms with Crippen molar-refractivity contribution in [2.45, 2.75) is 35.1 Å². The van der Waals surface area contributed by atoms with Crippen LogP contribution in [0, 0.1) is 17.2 Å². The number of sulfone groups is 1. The summed E-state index contributed by atoms with van der Waals surface area (Å²) in [5, 5.41) is 10.3. The normalized spacial score (nSPS) is 26.2. The Morgan fingerprint density at radius 3 is 2.75 bits per heavy atom. The summed E-state index contributed by atoms with van der Waals surface area (Å²) in [4.78, 5) is 0. The highest BCUT2D eigenvalue weighted by molar-refractivity contribution is 7.94. The number of thiophene rings is 1. The summed E-state index contributed by atoms with van der Waals surface area (Å²) in [6.07, 6.45) is 3.21. The molecule has 0 radical (unpaired) electrons. The third-order valence-corrected chi connectivity index (χ3v) is 6.75. The molecule has 0 aromatic carbocycles. The molecule has 86 valence electrons. The number of nitriles is 1. The Hall–Kier alpha value is -0.860. The van der Waals surface area contributed by atoms with E-state index in [1.807, 2.05) is 0 Å². The van der Waals surface area contributed by atoms with Crippen molar-refractivity contribution in [1.82, 2.24) is 0 Å². The lowest BCUT2D eigenvalue weighted by Gasteiger charge is -2.25. The predicted octanol–water partition coefficient (Wildman–Crippen LogP) is 2.60. The van der Waals surface area contributed by atoms with E-state index < -0.39 is 15.1 Å². The summed E-state index contributed by atoms with van der Waals surface area (Å²) < 4.78 is 25.0. The number of hydrogen-bond acceptors (Lipinski definition) is 4. The highest BCUT2D eigenvalue weighted by atomic mass is 32.2. The van der Waals surface area contributed by atoms with Crippen LogP contribution in [0.4, 0.5) is 0 Å². The molecule has 16 heavy (non-hydrogen) atoms. The van der Waals surface area contributed by atoms with Crippen molar-refractivity contribution >= 4 is 21.2 Å². The summed E-state index contributed by atoms with van der Waals surface area (Å²) in [6, 6.07) is 5.51. The zero-order chi connectivity index (χ0) is 11.6. The van der Waals surface area contributed by atoms with Gasteiger partial charge in [0.1, 0.15) is 4.21 Å². The minimum Gasteiger partial charge on any atom is -0.223 e. The molecule has 0 spiro atoms. The number of hydrogen-bond donors (Lipinski definition) is 0. The molecule has 0 N–H and O–H groups in total. The van der Waals surface area contributed by atoms with Crippen LogP contribution in [0.15, 0.2) is 21.7 Å². The lowest BCUT2D eigenvalue weighted by molar-refractivity contribution is 0.419. The van der Waals surface area contributed by atoms with Crippen molar-refractivity contribution in [2.24, 2.45) is 5.92 Å². The fourth-order valence-electron chi connectivity index (χ4n) is 2.19. The van der Waals surface area contributed by atoms with E-state index in [0.29, 0.717) is 17.1 Å². The van der Waals surface area contributed by atoms with Gasteiger partial charge in [0.25, 0.3) is 0 Å². The van der Waals surface area contributed by atoms with Crippen LogP contribution in [0.2, 0.25) is 0 Å². The topological polar surface area (TPSA) is 57.9 Å². The molecular formula is C11H13NO2S2. The van der Waals surface area contributed by atoms with Crippen molar-refractivity contribution in [2.75, 3.05) is 0 Å². The smallest absolute Gasteiger partial charge is 0.191 e. The second-order valence-corrected chi connectivity index (χ2v) is 7.38. The van der Waals surface area contributed by atoms with Crippen LogP contribution in [-0.4, -0.2) is 13.7 Å². The maximum atomic E-state index is 12.3. The highest BCUT2D eigenvalue weighted by Gasteiger charge is 2.37. The van der Waals surface area contributed by atoms with Crippen LogP contribution < -0.4 is 0 Å². The summed E-state index contributed by atoms with van der Waals surface area (Å²) >= 11 is 1.24. The van der Waals surface area contributed by atoms with Gasteiger partial charge in [-0.2, -0.15) is 5.26 Å². The Morgan fingerprint density at radius 1 is 1.38 bits per heavy atom. The molecule has 2 atom stereocenters. The molecule has 0 aliphatic heterocycles. The van der Waals surface area contributed by atoms with Gasteiger partial charge in [-0.05, 0) is 24.3 Å². The molecule has 1 aromatic rings. The van der Waals surface area contributed by atoms with Crippen molar-refractivity contribution in [3.63, 3.8) is 0 Å². The van der Waals surface area contributed by atoms with Crippen LogP contribution in [0.25, 0.3) is 0 Å². The van der Waals surface area contributed by atoms with E-state index in [-0.39, 0.29) is 5.92 Å². The molecule has 0 bridgehead atoms. The van der Waals surface area contributed by atoms with Gasteiger partial charge in [0.05, 0.1) is 17.2 Å². The summed E-state index contributed by atoms with van der Waals surface area (Å²) in [5.74, 6) is -0.333. The van der Waals surface area contributed by atoms with Gasteiger partial charge < -0.3 is 0 Å². The maximum absolute atomic E-state index is 12.3. The van der Waals surface area contributed by atoms with Gasteiger partial charge in [-0.1, -0.05) is 18.9 Å². The largest absolute Gasteiger partial charge is 0.223 e. The SMILES string of the molecule is N#CC1CCCCC1S(=O)(=O)c1cccs1. The van der Waals surface area contributed by atoms with Crippen molar-refractivity contribution < 1.29 is 8.42 Å². The van der Waals surface area contributed by atoms with Crippen LogP contribution in [0.3, 0.4) is 0 Å². The molecule has 0 amide bonds. The highest BCUT2D eigenvalue weighted by Crippen LogP contribution is 2.34. The van der Waals surface area contributed by atoms with Gasteiger partial charge in [-0.3, -0.25) is 0 Å². The Balaban J connectivity index is 2.33. The van der Waals surface area contributed by atoms with Crippen LogP contribution >= 0.6 is 11.3 Å². The molecule has 1 aliphatic rings. The molecular weight excluding hydrogens is 242 g/mol. The first-order chi connectivity index (χ1) is 7.66. The number of rotatable bonds is 2. The van der Waals surface area contributed by atoms with Gasteiger partial charge in [0.15, 0.2) is 9.84 Å². The van der Waals surface area contributed by atoms with Crippen molar-refractivity contribution in [3.8, 4) is 6.07 Å². The Kier molecular flexibility index (Phi) is 3.31. The molecule has 1 heterocycles. The third kappa shape index (κ3) is 2.00. The Morgan fingerprint density at radius 2 is 2.12 bits per heavy atom. The molecule has 0 saturated heterocycles. The van der Waals surface area contributed by atoms with Crippen molar-refractivity contribution in [1.29, 1.82) is 5.26 Å². The van der Waals surface area contributed by atoms with E-state index in [1.54, 1.807) is 17.5 Å². The van der Waals surface area contributed by atoms with Gasteiger partial charge in [-0.25, -0.2) is 8.42 Å². The van der Waals surface area contributed by atoms with Gasteiger partial charge in [-0.15, -0.1) is 11.3 Å². The average molecular weight is 255 g/mol. The molecule has 1 aromatic heterocycles. The molecule has 1 saturated carbocycles. The zero-order valence-corrected chi connectivity index (χ0v) is 10.4. The molecule has 2 rings (SSSR count). The van der Waals surface area contributed by atoms with E-state index in [0.717, 1.165) is 12.8 Å². The van der Waals surface area contributed by atoms with Crippen LogP contribution in [-0.2, 0) is 9.84 Å². The fourth-order valence-corrected chi connectivity index (χ4v) is 5.39. The fraction of sp³-hybridized carbons (Fsp3) is 0.545. The minimum absolute atomic E-state index is 0.333. The van der Waals surface area contributed by atoms with Gasteiger partial charge in [0, 0.05) is 0 Å². The Labute approximate surface area is 99.6 Å². The maximum Gasteiger partial charge on any atom is 0.191 e. The first kappa shape index (κ1) is 11.6. The van der Waals surface area contributed by atoms with Gasteiger partial charge >= 0.3 is 0 Å². The first-order valence-electron chi connectivity index (χ1n) is 5.33. The Bertz CT molecular complexity index is 485. The standard InChI is InChI=1S/C11H13NO2S2/c12-8-9-4-1-2-5-10(9)16(13,14)11-6-3-7-15-11/h3,6-7,9-10H,1-2,4-5H2. The lowest BCUT2D eigenvalue weighted by Crippen LogP contribution is -2.31. The molecule has 1 aliphatic carbocycles. The monoisotopic (exact) mass is 255 g/mol. The zero-order valence-electron chi connectivity index (χ0n) is 8.80. The van der Waals surface area contributed by atoms with E-state index >= 15 is 0 Å². The second-order valence-electron chi connectivity index (χ2n) is 4.04. The van der Waals surface area contributed by atoms with E-state index in [9.17, 15) is 8.42 Å². The third-order valence-electron chi connectivity index (χ3n) is 3.04. The summed E-state index contributed by atoms with van der Waals surface area (Å²) in [5.41, 5.74) is 0. The van der Waals surface area contributed by atoms with E-state index in [2.05, 4.69) is 6.07 Å². The van der Waals surface area contributed by atoms with Crippen LogP contribution in [0.1, 0.15) is 25.7 Å². The molecule has 5 heteroatoms. The van der Waals surface area contributed by atoms with Crippen molar-refractivity contribution in [3.05, 3.63) is 17.5 Å². The molecule has 1 fully saturated rings. The first-order valence-corrected chi connectivity index (χ1v) is 7.76. The molecule has 3 nitrogen and oxygen atoms in total. The minimum atomic E-state index is -3.28. The van der Waals surface area contributed by atoms with E-state index in [1.165, 1.54) is 11.3 Å². The molecule has 2 unspecified atom stereocenters. The average Bonchev–Trinajstić information content (AvgIpc) is 2.83. The summed E-state index contributed by atoms with van der Waals surface area (Å²) in [6.45, 7) is 0. The second kappa shape index (κ2) is 4.56. The van der Waals surface area contributed by atoms with Crippen LogP contribution in [0.5, 0.6) is 0 Å². The lowest BCUT2D eigenvalue weighted by atomic mass is 9.90.